The number of imidazole rings is 2. The first-order valence-electron chi connectivity index (χ1n) is 18.6. The number of sulfonamides is 1. The highest BCUT2D eigenvalue weighted by Gasteiger charge is 2.39. The Kier molecular flexibility index (Phi) is 10.4. The molecule has 14 nitrogen and oxygen atoms in total. The van der Waals surface area contributed by atoms with Crippen LogP contribution in [0.15, 0.2) is 61.7 Å². The number of aromatic nitrogens is 8. The molecule has 6 aromatic rings. The van der Waals surface area contributed by atoms with E-state index in [4.69, 9.17) is 4.98 Å². The summed E-state index contributed by atoms with van der Waals surface area (Å²) in [6, 6.07) is 8.46. The predicted octanol–water partition coefficient (Wildman–Crippen LogP) is 5.21. The largest absolute Gasteiger partial charge is 0.334 e. The second-order valence-electron chi connectivity index (χ2n) is 14.5. The molecule has 8 heterocycles. The van der Waals surface area contributed by atoms with E-state index < -0.39 is 15.3 Å². The Morgan fingerprint density at radius 1 is 0.704 bits per heavy atom. The van der Waals surface area contributed by atoms with Crippen LogP contribution in [0.2, 0.25) is 0 Å². The van der Waals surface area contributed by atoms with Gasteiger partial charge in [0.25, 0.3) is 0 Å². The molecule has 0 saturated carbocycles. The Bertz CT molecular complexity index is 2400. The van der Waals surface area contributed by atoms with Gasteiger partial charge in [-0.3, -0.25) is 9.97 Å². The van der Waals surface area contributed by atoms with Crippen LogP contribution in [0, 0.1) is 0 Å². The smallest absolute Gasteiger partial charge is 0.216 e. The van der Waals surface area contributed by atoms with Crippen molar-refractivity contribution in [1.29, 1.82) is 0 Å². The molecule has 0 amide bonds. The van der Waals surface area contributed by atoms with Crippen molar-refractivity contribution < 1.29 is 8.42 Å². The number of pyridine rings is 4. The van der Waals surface area contributed by atoms with E-state index in [1.165, 1.54) is 16.8 Å². The Morgan fingerprint density at radius 2 is 1.17 bits per heavy atom. The summed E-state index contributed by atoms with van der Waals surface area (Å²) in [4.78, 5) is 31.3. The molecular weight excluding hydrogens is 701 g/mol. The van der Waals surface area contributed by atoms with E-state index in [2.05, 4.69) is 67.2 Å². The van der Waals surface area contributed by atoms with Gasteiger partial charge in [0.2, 0.25) is 10.0 Å². The number of anilines is 4. The van der Waals surface area contributed by atoms with Crippen LogP contribution in [-0.4, -0.2) is 97.3 Å². The lowest BCUT2D eigenvalue weighted by Gasteiger charge is -2.39. The van der Waals surface area contributed by atoms with E-state index in [-0.39, 0.29) is 5.92 Å². The van der Waals surface area contributed by atoms with E-state index in [9.17, 15) is 8.42 Å². The van der Waals surface area contributed by atoms with Gasteiger partial charge in [-0.2, -0.15) is 0 Å². The molecule has 0 spiro atoms. The standard InChI is InChI=1S/C21H28N6O2S.C18H22N6/c1-6-15-7-17(16-11-27(12-16)30(28,29)14(2)3)22-10-20(15)26(5)21-8-19-18(9-23-21)24-13-25(19)4;1-4-12-5-14(13-7-19-8-13)20-10-17(12)24(3)18-6-16-15(9-21-18)22-11-23(16)2/h7-10,13-14,16H,6,11-12H2,1-5H3;5-6,9-11,13,19H,4,7-8H2,1-3H3. The minimum atomic E-state index is -3.19. The summed E-state index contributed by atoms with van der Waals surface area (Å²) in [5.74, 6) is 2.43. The van der Waals surface area contributed by atoms with Crippen molar-refractivity contribution in [3.05, 3.63) is 84.2 Å². The van der Waals surface area contributed by atoms with Gasteiger partial charge in [-0.1, -0.05) is 13.8 Å². The highest BCUT2D eigenvalue weighted by Crippen LogP contribution is 2.34. The van der Waals surface area contributed by atoms with Crippen molar-refractivity contribution in [2.45, 2.75) is 57.6 Å². The number of aryl methyl sites for hydroxylation is 4. The first kappa shape index (κ1) is 37.3. The van der Waals surface area contributed by atoms with Gasteiger partial charge < -0.3 is 24.3 Å². The Hall–Kier alpha value is -4.99. The van der Waals surface area contributed by atoms with Gasteiger partial charge in [0.1, 0.15) is 22.7 Å². The Balaban J connectivity index is 0.000000171. The normalized spacial score (nSPS) is 15.3. The lowest BCUT2D eigenvalue weighted by Crippen LogP contribution is -2.50. The van der Waals surface area contributed by atoms with Crippen molar-refractivity contribution in [1.82, 2.24) is 48.7 Å². The molecule has 2 aliphatic rings. The molecule has 1 N–H and O–H groups in total. The number of nitrogens with zero attached hydrogens (tertiary/aromatic N) is 11. The fraction of sp³-hybridized carbons (Fsp3) is 0.436. The summed E-state index contributed by atoms with van der Waals surface area (Å²) in [6.07, 6.45) is 12.9. The fourth-order valence-corrected chi connectivity index (χ4v) is 8.29. The summed E-state index contributed by atoms with van der Waals surface area (Å²) >= 11 is 0. The highest BCUT2D eigenvalue weighted by atomic mass is 32.2. The second kappa shape index (κ2) is 15.0. The highest BCUT2D eigenvalue weighted by molar-refractivity contribution is 7.89. The molecule has 0 aromatic carbocycles. The number of hydrogen-bond donors (Lipinski definition) is 1. The van der Waals surface area contributed by atoms with Crippen LogP contribution in [0.3, 0.4) is 0 Å². The summed E-state index contributed by atoms with van der Waals surface area (Å²) in [5, 5.41) is 2.92. The summed E-state index contributed by atoms with van der Waals surface area (Å²) < 4.78 is 30.1. The lowest BCUT2D eigenvalue weighted by molar-refractivity contribution is 0.258. The molecule has 2 aliphatic heterocycles. The lowest BCUT2D eigenvalue weighted by atomic mass is 9.96. The van der Waals surface area contributed by atoms with Crippen molar-refractivity contribution in [2.24, 2.45) is 14.1 Å². The number of fused-ring (bicyclic) bond motifs is 2. The molecule has 0 aliphatic carbocycles. The van der Waals surface area contributed by atoms with Crippen molar-refractivity contribution >= 4 is 55.1 Å². The minimum absolute atomic E-state index is 0.145. The number of rotatable bonds is 10. The third-order valence-corrected chi connectivity index (χ3v) is 13.0. The van der Waals surface area contributed by atoms with E-state index in [1.54, 1.807) is 30.7 Å². The quantitative estimate of drug-likeness (QED) is 0.197. The van der Waals surface area contributed by atoms with Gasteiger partial charge in [-0.05, 0) is 49.9 Å². The van der Waals surface area contributed by atoms with E-state index in [0.717, 1.165) is 76.7 Å². The average molecular weight is 751 g/mol. The van der Waals surface area contributed by atoms with Gasteiger partial charge in [0.15, 0.2) is 0 Å². The molecular formula is C39H50N12O2S. The van der Waals surface area contributed by atoms with E-state index >= 15 is 0 Å². The molecule has 0 atom stereocenters. The third kappa shape index (κ3) is 7.03. The first-order chi connectivity index (χ1) is 25.9. The van der Waals surface area contributed by atoms with E-state index in [1.807, 2.05) is 73.2 Å². The van der Waals surface area contributed by atoms with Crippen LogP contribution < -0.4 is 15.1 Å². The molecule has 8 rings (SSSR count). The van der Waals surface area contributed by atoms with Crippen LogP contribution in [0.4, 0.5) is 23.0 Å². The zero-order chi connectivity index (χ0) is 38.3. The molecule has 0 unspecified atom stereocenters. The van der Waals surface area contributed by atoms with Gasteiger partial charge >= 0.3 is 0 Å². The van der Waals surface area contributed by atoms with E-state index in [0.29, 0.717) is 19.0 Å². The SMILES string of the molecule is CCc1cc(C2CN(S(=O)(=O)C(C)C)C2)ncc1N(C)c1cc2c(cn1)ncn2C.CCc1cc(C2CNC2)ncc1N(C)c1cc2c(cn1)ncn2C. The van der Waals surface area contributed by atoms with Crippen LogP contribution in [0.5, 0.6) is 0 Å². The molecule has 2 fully saturated rings. The predicted molar refractivity (Wildman–Crippen MR) is 214 cm³/mol. The molecule has 0 radical (unpaired) electrons. The molecule has 0 bridgehead atoms. The van der Waals surface area contributed by atoms with Gasteiger partial charge in [0.05, 0.1) is 65.1 Å². The minimum Gasteiger partial charge on any atom is -0.334 e. The zero-order valence-corrected chi connectivity index (χ0v) is 33.2. The summed E-state index contributed by atoms with van der Waals surface area (Å²) in [7, 11) is 4.81. The maximum Gasteiger partial charge on any atom is 0.216 e. The van der Waals surface area contributed by atoms with Crippen LogP contribution in [-0.2, 0) is 37.0 Å². The second-order valence-corrected chi connectivity index (χ2v) is 17.0. The zero-order valence-electron chi connectivity index (χ0n) is 32.4. The molecule has 6 aromatic heterocycles. The maximum atomic E-state index is 12.3. The number of nitrogens with one attached hydrogen (secondary N) is 1. The van der Waals surface area contributed by atoms with Crippen molar-refractivity contribution in [3.8, 4) is 0 Å². The molecule has 54 heavy (non-hydrogen) atoms. The molecule has 15 heteroatoms. The average Bonchev–Trinajstić information content (AvgIpc) is 3.70. The van der Waals surface area contributed by atoms with Gasteiger partial charge in [0, 0.05) is 89.7 Å². The maximum absolute atomic E-state index is 12.3. The molecule has 2 saturated heterocycles. The topological polar surface area (TPSA) is 143 Å². The van der Waals surface area contributed by atoms with Crippen LogP contribution in [0.25, 0.3) is 22.1 Å². The summed E-state index contributed by atoms with van der Waals surface area (Å²) in [6.45, 7) is 10.8. The first-order valence-corrected chi connectivity index (χ1v) is 20.1. The summed E-state index contributed by atoms with van der Waals surface area (Å²) in [5.41, 5.74) is 10.6. The van der Waals surface area contributed by atoms with Crippen molar-refractivity contribution in [3.63, 3.8) is 0 Å². The van der Waals surface area contributed by atoms with Crippen LogP contribution in [0.1, 0.15) is 62.0 Å². The van der Waals surface area contributed by atoms with Crippen molar-refractivity contribution in [2.75, 3.05) is 50.1 Å². The van der Waals surface area contributed by atoms with Gasteiger partial charge in [-0.25, -0.2) is 32.7 Å². The van der Waals surface area contributed by atoms with Gasteiger partial charge in [-0.15, -0.1) is 0 Å². The fourth-order valence-electron chi connectivity index (χ4n) is 6.92. The number of hydrogen-bond acceptors (Lipinski definition) is 11. The Labute approximate surface area is 317 Å². The van der Waals surface area contributed by atoms with Crippen LogP contribution >= 0.6 is 0 Å². The third-order valence-electron chi connectivity index (χ3n) is 10.8. The Morgan fingerprint density at radius 3 is 1.57 bits per heavy atom. The molecule has 284 valence electrons. The monoisotopic (exact) mass is 750 g/mol.